The smallest absolute Gasteiger partial charge is 0.293 e. The minimum Gasteiger partial charge on any atom is -0.496 e. The maximum absolute atomic E-state index is 13.8. The van der Waals surface area contributed by atoms with E-state index in [9.17, 15) is 24.1 Å². The van der Waals surface area contributed by atoms with Gasteiger partial charge >= 0.3 is 0 Å². The van der Waals surface area contributed by atoms with Gasteiger partial charge in [0.2, 0.25) is 0 Å². The Kier molecular flexibility index (Phi) is 5.22. The van der Waals surface area contributed by atoms with Gasteiger partial charge in [-0.15, -0.1) is 0 Å². The maximum Gasteiger partial charge on any atom is 0.293 e. The molecule has 2 amide bonds. The molecule has 138 valence electrons. The third kappa shape index (κ3) is 3.82. The summed E-state index contributed by atoms with van der Waals surface area (Å²) in [4.78, 5) is 36.2. The first-order valence-corrected chi connectivity index (χ1v) is 8.53. The molecule has 1 fully saturated rings. The molecule has 1 saturated heterocycles. The second-order valence-corrected chi connectivity index (χ2v) is 6.54. The molecule has 1 aliphatic heterocycles. The number of ether oxygens (including phenoxy) is 1. The van der Waals surface area contributed by atoms with Gasteiger partial charge in [0.15, 0.2) is 0 Å². The Balaban J connectivity index is 1.92. The largest absolute Gasteiger partial charge is 0.496 e. The first-order chi connectivity index (χ1) is 12.9. The number of hydrogen-bond donors (Lipinski definition) is 0. The molecule has 0 saturated carbocycles. The van der Waals surface area contributed by atoms with E-state index in [-0.39, 0.29) is 22.7 Å². The van der Waals surface area contributed by atoms with Crippen LogP contribution in [0.5, 0.6) is 5.75 Å². The van der Waals surface area contributed by atoms with Crippen molar-refractivity contribution in [3.05, 3.63) is 74.4 Å². The molecule has 0 aliphatic carbocycles. The van der Waals surface area contributed by atoms with Crippen molar-refractivity contribution in [3.63, 3.8) is 0 Å². The molecule has 0 bridgehead atoms. The number of carbonyl (C=O) groups is 2. The van der Waals surface area contributed by atoms with Crippen molar-refractivity contribution >= 4 is 34.7 Å². The number of nitro benzene ring substituents is 1. The fourth-order valence-electron chi connectivity index (χ4n) is 2.52. The van der Waals surface area contributed by atoms with E-state index >= 15 is 0 Å². The summed E-state index contributed by atoms with van der Waals surface area (Å²) in [6, 6.07) is 9.81. The Morgan fingerprint density at radius 1 is 1.26 bits per heavy atom. The van der Waals surface area contributed by atoms with Gasteiger partial charge in [0.1, 0.15) is 11.6 Å². The lowest BCUT2D eigenvalue weighted by Crippen LogP contribution is -2.27. The third-order valence-corrected chi connectivity index (χ3v) is 4.78. The van der Waals surface area contributed by atoms with Gasteiger partial charge in [-0.05, 0) is 30.0 Å². The normalized spacial score (nSPS) is 15.5. The van der Waals surface area contributed by atoms with Crippen molar-refractivity contribution in [3.8, 4) is 5.75 Å². The lowest BCUT2D eigenvalue weighted by atomic mass is 10.1. The van der Waals surface area contributed by atoms with E-state index in [2.05, 4.69) is 0 Å². The Bertz CT molecular complexity index is 976. The minimum atomic E-state index is -0.596. The average Bonchev–Trinajstić information content (AvgIpc) is 2.90. The fourth-order valence-corrected chi connectivity index (χ4v) is 3.35. The van der Waals surface area contributed by atoms with Gasteiger partial charge in [-0.25, -0.2) is 4.39 Å². The number of rotatable bonds is 5. The molecule has 0 radical (unpaired) electrons. The van der Waals surface area contributed by atoms with Crippen LogP contribution in [0.15, 0.2) is 47.4 Å². The molecule has 0 N–H and O–H groups in total. The standard InChI is InChI=1S/C18H13FN2O5S/c1-26-15-7-6-13(21(24)25)8-12(15)9-16-17(22)20(18(23)27-16)10-11-4-2-3-5-14(11)19/h2-9H,10H2,1H3/b16-9-. The Labute approximate surface area is 157 Å². The van der Waals surface area contributed by atoms with Crippen molar-refractivity contribution in [2.45, 2.75) is 6.54 Å². The molecule has 2 aromatic carbocycles. The number of methoxy groups -OCH3 is 1. The minimum absolute atomic E-state index is 0.0788. The molecule has 2 aromatic rings. The number of thioether (sulfide) groups is 1. The average molecular weight is 388 g/mol. The van der Waals surface area contributed by atoms with Gasteiger partial charge in [-0.1, -0.05) is 18.2 Å². The van der Waals surface area contributed by atoms with Gasteiger partial charge < -0.3 is 4.74 Å². The summed E-state index contributed by atoms with van der Waals surface area (Å²) in [6.45, 7) is -0.194. The number of halogens is 1. The zero-order valence-corrected chi connectivity index (χ0v) is 14.9. The van der Waals surface area contributed by atoms with E-state index in [1.54, 1.807) is 6.07 Å². The van der Waals surface area contributed by atoms with E-state index in [1.807, 2.05) is 0 Å². The number of nitro groups is 1. The molecule has 27 heavy (non-hydrogen) atoms. The van der Waals surface area contributed by atoms with Crippen LogP contribution in [0.4, 0.5) is 14.9 Å². The number of imide groups is 1. The van der Waals surface area contributed by atoms with Crippen molar-refractivity contribution in [2.24, 2.45) is 0 Å². The summed E-state index contributed by atoms with van der Waals surface area (Å²) in [5, 5.41) is 10.4. The predicted octanol–water partition coefficient (Wildman–Crippen LogP) is 3.98. The van der Waals surface area contributed by atoms with Gasteiger partial charge in [0.25, 0.3) is 16.8 Å². The number of amides is 2. The third-order valence-electron chi connectivity index (χ3n) is 3.87. The van der Waals surface area contributed by atoms with Crippen LogP contribution < -0.4 is 4.74 Å². The quantitative estimate of drug-likeness (QED) is 0.437. The van der Waals surface area contributed by atoms with Gasteiger partial charge in [0, 0.05) is 23.3 Å². The monoisotopic (exact) mass is 388 g/mol. The molecule has 1 heterocycles. The summed E-state index contributed by atoms with van der Waals surface area (Å²) in [7, 11) is 1.39. The predicted molar refractivity (Wildman–Crippen MR) is 97.6 cm³/mol. The van der Waals surface area contributed by atoms with Crippen LogP contribution in [0.25, 0.3) is 6.08 Å². The molecule has 0 atom stereocenters. The summed E-state index contributed by atoms with van der Waals surface area (Å²) in [6.07, 6.45) is 1.36. The molecule has 0 aromatic heterocycles. The molecule has 1 aliphatic rings. The zero-order valence-electron chi connectivity index (χ0n) is 14.0. The number of carbonyl (C=O) groups excluding carboxylic acids is 2. The highest BCUT2D eigenvalue weighted by Crippen LogP contribution is 2.36. The highest BCUT2D eigenvalue weighted by atomic mass is 32.2. The SMILES string of the molecule is COc1ccc([N+](=O)[O-])cc1/C=C1\SC(=O)N(Cc2ccccc2F)C1=O. The second-order valence-electron chi connectivity index (χ2n) is 5.54. The van der Waals surface area contributed by atoms with Gasteiger partial charge in [0.05, 0.1) is 23.5 Å². The van der Waals surface area contributed by atoms with E-state index in [0.717, 1.165) is 4.90 Å². The summed E-state index contributed by atoms with van der Waals surface area (Å²) in [5.74, 6) is -0.788. The maximum atomic E-state index is 13.8. The molecular weight excluding hydrogens is 375 g/mol. The van der Waals surface area contributed by atoms with E-state index in [0.29, 0.717) is 23.1 Å². The molecule has 3 rings (SSSR count). The Morgan fingerprint density at radius 2 is 2.00 bits per heavy atom. The first kappa shape index (κ1) is 18.6. The number of hydrogen-bond acceptors (Lipinski definition) is 6. The topological polar surface area (TPSA) is 89.8 Å². The van der Waals surface area contributed by atoms with Crippen LogP contribution in [-0.2, 0) is 11.3 Å². The van der Waals surface area contributed by atoms with Crippen molar-refractivity contribution in [1.82, 2.24) is 4.90 Å². The molecule has 7 nitrogen and oxygen atoms in total. The van der Waals surface area contributed by atoms with Crippen molar-refractivity contribution < 1.29 is 23.6 Å². The summed E-state index contributed by atoms with van der Waals surface area (Å²) in [5.41, 5.74) is 0.338. The van der Waals surface area contributed by atoms with Crippen LogP contribution in [-0.4, -0.2) is 28.1 Å². The number of nitrogens with zero attached hydrogens (tertiary/aromatic N) is 2. The number of non-ortho nitro benzene ring substituents is 1. The van der Waals surface area contributed by atoms with Crippen molar-refractivity contribution in [2.75, 3.05) is 7.11 Å². The van der Waals surface area contributed by atoms with E-state index in [4.69, 9.17) is 4.74 Å². The van der Waals surface area contributed by atoms with Crippen LogP contribution in [0.3, 0.4) is 0 Å². The Hall–Kier alpha value is -3.20. The molecule has 0 spiro atoms. The van der Waals surface area contributed by atoms with Gasteiger partial charge in [-0.3, -0.25) is 24.6 Å². The fraction of sp³-hybridized carbons (Fsp3) is 0.111. The van der Waals surface area contributed by atoms with Crippen LogP contribution in [0.2, 0.25) is 0 Å². The lowest BCUT2D eigenvalue weighted by molar-refractivity contribution is -0.384. The summed E-state index contributed by atoms with van der Waals surface area (Å²) >= 11 is 0.686. The molecule has 0 unspecified atom stereocenters. The molecular formula is C18H13FN2O5S. The highest BCUT2D eigenvalue weighted by Gasteiger charge is 2.35. The number of benzene rings is 2. The van der Waals surface area contributed by atoms with Crippen molar-refractivity contribution in [1.29, 1.82) is 0 Å². The second kappa shape index (κ2) is 7.58. The lowest BCUT2D eigenvalue weighted by Gasteiger charge is -2.12. The zero-order chi connectivity index (χ0) is 19.6. The van der Waals surface area contributed by atoms with Crippen LogP contribution in [0.1, 0.15) is 11.1 Å². The summed E-state index contributed by atoms with van der Waals surface area (Å²) < 4.78 is 19.0. The Morgan fingerprint density at radius 3 is 2.67 bits per heavy atom. The van der Waals surface area contributed by atoms with Crippen LogP contribution in [0, 0.1) is 15.9 Å². The van der Waals surface area contributed by atoms with E-state index in [1.165, 1.54) is 49.6 Å². The molecule has 9 heteroatoms. The van der Waals surface area contributed by atoms with E-state index < -0.39 is 21.9 Å². The highest BCUT2D eigenvalue weighted by molar-refractivity contribution is 8.18. The van der Waals surface area contributed by atoms with Gasteiger partial charge in [-0.2, -0.15) is 0 Å². The first-order valence-electron chi connectivity index (χ1n) is 7.72. The van der Waals surface area contributed by atoms with Crippen LogP contribution >= 0.6 is 11.8 Å².